The molecule has 0 saturated carbocycles. The van der Waals surface area contributed by atoms with E-state index in [0.717, 1.165) is 17.0 Å². The van der Waals surface area contributed by atoms with Crippen LogP contribution in [0.5, 0.6) is 5.75 Å². The number of nitrogens with one attached hydrogen (secondary N) is 3. The lowest BCUT2D eigenvalue weighted by molar-refractivity contribution is -0.119. The molecule has 28 heavy (non-hydrogen) atoms. The van der Waals surface area contributed by atoms with Crippen LogP contribution in [0.1, 0.15) is 29.8 Å². The molecule has 0 aliphatic carbocycles. The van der Waals surface area contributed by atoms with Crippen molar-refractivity contribution in [3.05, 3.63) is 59.7 Å². The summed E-state index contributed by atoms with van der Waals surface area (Å²) in [4.78, 5) is 23.7. The predicted octanol–water partition coefficient (Wildman–Crippen LogP) is 3.14. The quantitative estimate of drug-likeness (QED) is 0.624. The van der Waals surface area contributed by atoms with Gasteiger partial charge in [-0.05, 0) is 60.1 Å². The summed E-state index contributed by atoms with van der Waals surface area (Å²) in [5.74, 6) is 0.806. The lowest BCUT2D eigenvalue weighted by Crippen LogP contribution is -2.34. The molecule has 2 rings (SSSR count). The SMILES string of the molecule is CNC(=O)Cc1ccc(NC(=S)NC(=O)c2ccc(OCC(C)C)cc2)cc1. The summed E-state index contributed by atoms with van der Waals surface area (Å²) in [6.45, 7) is 4.78. The predicted molar refractivity (Wildman–Crippen MR) is 115 cm³/mol. The number of amides is 2. The Labute approximate surface area is 170 Å². The number of rotatable bonds is 7. The van der Waals surface area contributed by atoms with Crippen molar-refractivity contribution in [2.45, 2.75) is 20.3 Å². The number of carbonyl (C=O) groups excluding carboxylic acids is 2. The van der Waals surface area contributed by atoms with Crippen molar-refractivity contribution in [2.75, 3.05) is 19.0 Å². The van der Waals surface area contributed by atoms with Crippen LogP contribution in [0.25, 0.3) is 0 Å². The van der Waals surface area contributed by atoms with Crippen LogP contribution in [-0.2, 0) is 11.2 Å². The molecular formula is C21H25N3O3S. The summed E-state index contributed by atoms with van der Waals surface area (Å²) in [6, 6.07) is 14.2. The van der Waals surface area contributed by atoms with Gasteiger partial charge in [0.2, 0.25) is 5.91 Å². The number of hydrogen-bond donors (Lipinski definition) is 3. The third-order valence-corrected chi connectivity index (χ3v) is 3.99. The monoisotopic (exact) mass is 399 g/mol. The van der Waals surface area contributed by atoms with Gasteiger partial charge in [0, 0.05) is 18.3 Å². The van der Waals surface area contributed by atoms with Crippen molar-refractivity contribution in [3.63, 3.8) is 0 Å². The molecule has 0 spiro atoms. The third kappa shape index (κ3) is 7.00. The number of benzene rings is 2. The Kier molecular flexibility index (Phi) is 7.95. The van der Waals surface area contributed by atoms with Gasteiger partial charge in [-0.25, -0.2) is 0 Å². The molecule has 0 bridgehead atoms. The fourth-order valence-electron chi connectivity index (χ4n) is 2.28. The first-order chi connectivity index (χ1) is 13.4. The van der Waals surface area contributed by atoms with E-state index in [1.54, 1.807) is 43.4 Å². The highest BCUT2D eigenvalue weighted by Gasteiger charge is 2.09. The summed E-state index contributed by atoms with van der Waals surface area (Å²) in [5, 5.41) is 8.38. The summed E-state index contributed by atoms with van der Waals surface area (Å²) < 4.78 is 5.61. The van der Waals surface area contributed by atoms with Crippen molar-refractivity contribution < 1.29 is 14.3 Å². The smallest absolute Gasteiger partial charge is 0.257 e. The molecule has 0 aliphatic heterocycles. The van der Waals surface area contributed by atoms with E-state index in [4.69, 9.17) is 17.0 Å². The van der Waals surface area contributed by atoms with E-state index in [-0.39, 0.29) is 16.9 Å². The maximum Gasteiger partial charge on any atom is 0.257 e. The average Bonchev–Trinajstić information content (AvgIpc) is 2.68. The maximum absolute atomic E-state index is 12.3. The Bertz CT molecular complexity index is 818. The van der Waals surface area contributed by atoms with Gasteiger partial charge in [0.05, 0.1) is 13.0 Å². The lowest BCUT2D eigenvalue weighted by atomic mass is 10.1. The molecule has 6 nitrogen and oxygen atoms in total. The van der Waals surface area contributed by atoms with Gasteiger partial charge < -0.3 is 15.4 Å². The largest absolute Gasteiger partial charge is 0.493 e. The van der Waals surface area contributed by atoms with Crippen molar-refractivity contribution >= 4 is 34.8 Å². The number of ether oxygens (including phenoxy) is 1. The van der Waals surface area contributed by atoms with Crippen LogP contribution in [0.2, 0.25) is 0 Å². The van der Waals surface area contributed by atoms with Gasteiger partial charge in [0.1, 0.15) is 5.75 Å². The van der Waals surface area contributed by atoms with Crippen LogP contribution >= 0.6 is 12.2 Å². The lowest BCUT2D eigenvalue weighted by Gasteiger charge is -2.11. The van der Waals surface area contributed by atoms with Gasteiger partial charge in [0.15, 0.2) is 5.11 Å². The van der Waals surface area contributed by atoms with Gasteiger partial charge in [-0.3, -0.25) is 14.9 Å². The van der Waals surface area contributed by atoms with E-state index < -0.39 is 0 Å². The summed E-state index contributed by atoms with van der Waals surface area (Å²) >= 11 is 5.20. The van der Waals surface area contributed by atoms with Crippen LogP contribution < -0.4 is 20.7 Å². The van der Waals surface area contributed by atoms with E-state index in [0.29, 0.717) is 24.5 Å². The molecule has 0 radical (unpaired) electrons. The normalized spacial score (nSPS) is 10.3. The Morgan fingerprint density at radius 1 is 1.04 bits per heavy atom. The number of carbonyl (C=O) groups is 2. The van der Waals surface area contributed by atoms with E-state index in [1.807, 2.05) is 12.1 Å². The van der Waals surface area contributed by atoms with Gasteiger partial charge in [-0.1, -0.05) is 26.0 Å². The van der Waals surface area contributed by atoms with Crippen LogP contribution in [0, 0.1) is 5.92 Å². The fourth-order valence-corrected chi connectivity index (χ4v) is 2.49. The van der Waals surface area contributed by atoms with E-state index >= 15 is 0 Å². The summed E-state index contributed by atoms with van der Waals surface area (Å²) in [5.41, 5.74) is 2.10. The highest BCUT2D eigenvalue weighted by atomic mass is 32.1. The maximum atomic E-state index is 12.3. The molecule has 7 heteroatoms. The first-order valence-electron chi connectivity index (χ1n) is 9.02. The standard InChI is InChI=1S/C21H25N3O3S/c1-14(2)13-27-18-10-6-16(7-11-18)20(26)24-21(28)23-17-8-4-15(5-9-17)12-19(25)22-3/h4-11,14H,12-13H2,1-3H3,(H,22,25)(H2,23,24,26,28). The molecule has 0 fully saturated rings. The topological polar surface area (TPSA) is 79.5 Å². The van der Waals surface area contributed by atoms with Gasteiger partial charge in [-0.2, -0.15) is 0 Å². The zero-order chi connectivity index (χ0) is 20.5. The van der Waals surface area contributed by atoms with Crippen molar-refractivity contribution in [1.29, 1.82) is 0 Å². The molecule has 148 valence electrons. The number of thiocarbonyl (C=S) groups is 1. The molecule has 2 aromatic rings. The second-order valence-electron chi connectivity index (χ2n) is 6.68. The zero-order valence-corrected chi connectivity index (χ0v) is 17.1. The van der Waals surface area contributed by atoms with Gasteiger partial charge in [0.25, 0.3) is 5.91 Å². The molecule has 0 saturated heterocycles. The summed E-state index contributed by atoms with van der Waals surface area (Å²) in [6.07, 6.45) is 0.314. The molecule has 0 atom stereocenters. The number of anilines is 1. The molecule has 0 heterocycles. The van der Waals surface area contributed by atoms with Crippen molar-refractivity contribution in [1.82, 2.24) is 10.6 Å². The molecule has 2 amide bonds. The molecule has 2 aromatic carbocycles. The Hall–Kier alpha value is -2.93. The Balaban J connectivity index is 1.86. The minimum Gasteiger partial charge on any atom is -0.493 e. The first-order valence-corrected chi connectivity index (χ1v) is 9.43. The van der Waals surface area contributed by atoms with E-state index in [2.05, 4.69) is 29.8 Å². The van der Waals surface area contributed by atoms with Crippen LogP contribution in [0.4, 0.5) is 5.69 Å². The average molecular weight is 400 g/mol. The number of hydrogen-bond acceptors (Lipinski definition) is 4. The second-order valence-corrected chi connectivity index (χ2v) is 7.09. The van der Waals surface area contributed by atoms with E-state index in [1.165, 1.54) is 0 Å². The second kappa shape index (κ2) is 10.4. The van der Waals surface area contributed by atoms with E-state index in [9.17, 15) is 9.59 Å². The molecular weight excluding hydrogens is 374 g/mol. The van der Waals surface area contributed by atoms with Crippen molar-refractivity contribution in [2.24, 2.45) is 5.92 Å². The highest BCUT2D eigenvalue weighted by molar-refractivity contribution is 7.80. The van der Waals surface area contributed by atoms with Crippen LogP contribution in [-0.4, -0.2) is 30.6 Å². The molecule has 0 aliphatic rings. The van der Waals surface area contributed by atoms with Gasteiger partial charge in [-0.15, -0.1) is 0 Å². The Morgan fingerprint density at radius 2 is 1.68 bits per heavy atom. The van der Waals surface area contributed by atoms with Crippen LogP contribution in [0.3, 0.4) is 0 Å². The minimum absolute atomic E-state index is 0.0517. The fraction of sp³-hybridized carbons (Fsp3) is 0.286. The summed E-state index contributed by atoms with van der Waals surface area (Å²) in [7, 11) is 1.60. The first kappa shape index (κ1) is 21.4. The third-order valence-electron chi connectivity index (χ3n) is 3.78. The van der Waals surface area contributed by atoms with Crippen LogP contribution in [0.15, 0.2) is 48.5 Å². The number of likely N-dealkylation sites (N-methyl/N-ethyl adjacent to an activating group) is 1. The molecule has 0 unspecified atom stereocenters. The highest BCUT2D eigenvalue weighted by Crippen LogP contribution is 2.14. The zero-order valence-electron chi connectivity index (χ0n) is 16.2. The molecule has 0 aromatic heterocycles. The van der Waals surface area contributed by atoms with Crippen molar-refractivity contribution in [3.8, 4) is 5.75 Å². The Morgan fingerprint density at radius 3 is 2.25 bits per heavy atom. The minimum atomic E-state index is -0.302. The molecule has 3 N–H and O–H groups in total. The van der Waals surface area contributed by atoms with Gasteiger partial charge >= 0.3 is 0 Å².